The summed E-state index contributed by atoms with van der Waals surface area (Å²) in [6.07, 6.45) is 0.947. The Morgan fingerprint density at radius 2 is 1.83 bits per heavy atom. The number of rotatable bonds is 4. The average molecular weight is 387 g/mol. The molecule has 0 bridgehead atoms. The van der Waals surface area contributed by atoms with E-state index >= 15 is 0 Å². The maximum absolute atomic E-state index is 12.9. The first-order valence-electron chi connectivity index (χ1n) is 8.35. The lowest BCUT2D eigenvalue weighted by Gasteiger charge is -2.34. The van der Waals surface area contributed by atoms with Crippen molar-refractivity contribution in [3.05, 3.63) is 69.7 Å². The number of amides is 1. The predicted octanol–water partition coefficient (Wildman–Crippen LogP) is 3.85. The van der Waals surface area contributed by atoms with E-state index < -0.39 is 0 Å². The molecule has 1 aliphatic heterocycles. The largest absolute Gasteiger partial charge is 0.337 e. The Hall–Kier alpha value is -1.65. The van der Waals surface area contributed by atoms with Gasteiger partial charge in [0.05, 0.1) is 6.04 Å². The molecule has 2 aromatic carbocycles. The highest BCUT2D eigenvalue weighted by atomic mass is 79.9. The molecule has 1 heterocycles. The second-order valence-electron chi connectivity index (χ2n) is 6.46. The molecule has 1 aliphatic rings. The van der Waals surface area contributed by atoms with Crippen molar-refractivity contribution in [3.8, 4) is 0 Å². The summed E-state index contributed by atoms with van der Waals surface area (Å²) in [5, 5.41) is 0. The minimum atomic E-state index is -0.137. The van der Waals surface area contributed by atoms with Gasteiger partial charge in [-0.05, 0) is 43.1 Å². The van der Waals surface area contributed by atoms with Gasteiger partial charge in [-0.3, -0.25) is 9.69 Å². The third-order valence-electron chi connectivity index (χ3n) is 4.84. The van der Waals surface area contributed by atoms with Crippen LogP contribution in [-0.2, 0) is 24.3 Å². The van der Waals surface area contributed by atoms with Crippen molar-refractivity contribution in [2.24, 2.45) is 0 Å². The third kappa shape index (κ3) is 3.70. The fraction of sp³-hybridized carbons (Fsp3) is 0.350. The second-order valence-corrected chi connectivity index (χ2v) is 7.32. The van der Waals surface area contributed by atoms with Crippen molar-refractivity contribution in [2.45, 2.75) is 32.5 Å². The highest BCUT2D eigenvalue weighted by Crippen LogP contribution is 2.21. The van der Waals surface area contributed by atoms with Crippen LogP contribution in [0, 0.1) is 0 Å². The molecule has 2 aromatic rings. The molecule has 3 nitrogen and oxygen atoms in total. The van der Waals surface area contributed by atoms with Crippen LogP contribution < -0.4 is 0 Å². The lowest BCUT2D eigenvalue weighted by Crippen LogP contribution is -2.47. The van der Waals surface area contributed by atoms with Crippen LogP contribution in [0.1, 0.15) is 23.6 Å². The van der Waals surface area contributed by atoms with E-state index in [4.69, 9.17) is 0 Å². The van der Waals surface area contributed by atoms with E-state index in [9.17, 15) is 4.79 Å². The van der Waals surface area contributed by atoms with Gasteiger partial charge in [-0.15, -0.1) is 0 Å². The van der Waals surface area contributed by atoms with Gasteiger partial charge in [0, 0.05) is 24.1 Å². The summed E-state index contributed by atoms with van der Waals surface area (Å²) in [5.74, 6) is 0.207. The maximum Gasteiger partial charge on any atom is 0.239 e. The van der Waals surface area contributed by atoms with Gasteiger partial charge in [-0.2, -0.15) is 0 Å². The van der Waals surface area contributed by atoms with Crippen molar-refractivity contribution in [1.82, 2.24) is 9.80 Å². The van der Waals surface area contributed by atoms with Crippen molar-refractivity contribution < 1.29 is 4.79 Å². The monoisotopic (exact) mass is 386 g/mol. The molecular formula is C20H23BrN2O. The number of carbonyl (C=O) groups excluding carboxylic acids is 1. The van der Waals surface area contributed by atoms with Crippen molar-refractivity contribution >= 4 is 21.8 Å². The summed E-state index contributed by atoms with van der Waals surface area (Å²) >= 11 is 3.58. The van der Waals surface area contributed by atoms with Crippen LogP contribution in [0.5, 0.6) is 0 Å². The summed E-state index contributed by atoms with van der Waals surface area (Å²) in [5.41, 5.74) is 3.84. The molecule has 0 saturated heterocycles. The number of benzene rings is 2. The summed E-state index contributed by atoms with van der Waals surface area (Å²) in [6.45, 7) is 4.28. The zero-order chi connectivity index (χ0) is 17.1. The van der Waals surface area contributed by atoms with Crippen LogP contribution >= 0.6 is 15.9 Å². The van der Waals surface area contributed by atoms with Crippen LogP contribution in [-0.4, -0.2) is 35.3 Å². The zero-order valence-electron chi connectivity index (χ0n) is 14.2. The van der Waals surface area contributed by atoms with E-state index in [0.29, 0.717) is 0 Å². The lowest BCUT2D eigenvalue weighted by molar-refractivity contribution is -0.137. The standard InChI is InChI=1S/C20H23BrN2O/c1-15(22(2)13-18-9-5-6-10-19(18)21)20(24)23-12-11-16-7-3-4-8-17(16)14-23/h3-10,15H,11-14H2,1-2H3. The SMILES string of the molecule is CC(C(=O)N1CCc2ccccc2C1)N(C)Cc1ccccc1Br. The zero-order valence-corrected chi connectivity index (χ0v) is 15.8. The quantitative estimate of drug-likeness (QED) is 0.796. The van der Waals surface area contributed by atoms with Crippen molar-refractivity contribution in [1.29, 1.82) is 0 Å². The minimum absolute atomic E-state index is 0.137. The Morgan fingerprint density at radius 3 is 2.58 bits per heavy atom. The van der Waals surface area contributed by atoms with E-state index in [1.807, 2.05) is 37.1 Å². The van der Waals surface area contributed by atoms with Gasteiger partial charge in [-0.1, -0.05) is 58.4 Å². The summed E-state index contributed by atoms with van der Waals surface area (Å²) in [7, 11) is 2.01. The molecule has 1 amide bonds. The van der Waals surface area contributed by atoms with Gasteiger partial charge < -0.3 is 4.90 Å². The van der Waals surface area contributed by atoms with E-state index in [2.05, 4.69) is 51.2 Å². The highest BCUT2D eigenvalue weighted by Gasteiger charge is 2.27. The van der Waals surface area contributed by atoms with E-state index in [0.717, 1.165) is 30.5 Å². The molecule has 0 saturated carbocycles. The number of nitrogens with zero attached hydrogens (tertiary/aromatic N) is 2. The fourth-order valence-corrected chi connectivity index (χ4v) is 3.58. The number of halogens is 1. The summed E-state index contributed by atoms with van der Waals surface area (Å²) in [6, 6.07) is 16.5. The second kappa shape index (κ2) is 7.49. The highest BCUT2D eigenvalue weighted by molar-refractivity contribution is 9.10. The van der Waals surface area contributed by atoms with E-state index in [-0.39, 0.29) is 11.9 Å². The van der Waals surface area contributed by atoms with Crippen molar-refractivity contribution in [3.63, 3.8) is 0 Å². The molecular weight excluding hydrogens is 364 g/mol. The molecule has 126 valence electrons. The lowest BCUT2D eigenvalue weighted by atomic mass is 9.99. The van der Waals surface area contributed by atoms with E-state index in [1.54, 1.807) is 0 Å². The predicted molar refractivity (Wildman–Crippen MR) is 101 cm³/mol. The summed E-state index contributed by atoms with van der Waals surface area (Å²) < 4.78 is 1.09. The van der Waals surface area contributed by atoms with Gasteiger partial charge in [0.25, 0.3) is 0 Å². The molecule has 0 N–H and O–H groups in total. The first-order valence-corrected chi connectivity index (χ1v) is 9.15. The molecule has 0 aromatic heterocycles. The first kappa shape index (κ1) is 17.2. The van der Waals surface area contributed by atoms with Crippen LogP contribution in [0.15, 0.2) is 53.0 Å². The average Bonchev–Trinajstić information content (AvgIpc) is 2.62. The molecule has 0 spiro atoms. The molecule has 24 heavy (non-hydrogen) atoms. The van der Waals surface area contributed by atoms with Gasteiger partial charge in [0.15, 0.2) is 0 Å². The molecule has 4 heteroatoms. The molecule has 1 unspecified atom stereocenters. The van der Waals surface area contributed by atoms with E-state index in [1.165, 1.54) is 16.7 Å². The number of hydrogen-bond acceptors (Lipinski definition) is 2. The fourth-order valence-electron chi connectivity index (χ4n) is 3.17. The topological polar surface area (TPSA) is 23.6 Å². The van der Waals surface area contributed by atoms with Crippen LogP contribution in [0.2, 0.25) is 0 Å². The molecule has 0 fully saturated rings. The molecule has 0 radical (unpaired) electrons. The maximum atomic E-state index is 12.9. The Kier molecular flexibility index (Phi) is 5.36. The van der Waals surface area contributed by atoms with Gasteiger partial charge in [0.1, 0.15) is 0 Å². The Balaban J connectivity index is 1.65. The molecule has 1 atom stereocenters. The minimum Gasteiger partial charge on any atom is -0.337 e. The first-order chi connectivity index (χ1) is 11.6. The number of carbonyl (C=O) groups is 1. The van der Waals surface area contributed by atoms with Gasteiger partial charge in [0.2, 0.25) is 5.91 Å². The van der Waals surface area contributed by atoms with Crippen LogP contribution in [0.3, 0.4) is 0 Å². The van der Waals surface area contributed by atoms with Gasteiger partial charge in [-0.25, -0.2) is 0 Å². The Labute approximate surface area is 152 Å². The number of hydrogen-bond donors (Lipinski definition) is 0. The molecule has 3 rings (SSSR count). The number of likely N-dealkylation sites (N-methyl/N-ethyl adjacent to an activating group) is 1. The third-order valence-corrected chi connectivity index (χ3v) is 5.61. The normalized spacial score (nSPS) is 15.2. The summed E-state index contributed by atoms with van der Waals surface area (Å²) in [4.78, 5) is 17.0. The Morgan fingerprint density at radius 1 is 1.17 bits per heavy atom. The van der Waals surface area contributed by atoms with Gasteiger partial charge >= 0.3 is 0 Å². The number of fused-ring (bicyclic) bond motifs is 1. The molecule has 0 aliphatic carbocycles. The van der Waals surface area contributed by atoms with Crippen LogP contribution in [0.25, 0.3) is 0 Å². The smallest absolute Gasteiger partial charge is 0.239 e. The van der Waals surface area contributed by atoms with Crippen LogP contribution in [0.4, 0.5) is 0 Å². The Bertz CT molecular complexity index is 731. The van der Waals surface area contributed by atoms with Crippen molar-refractivity contribution in [2.75, 3.05) is 13.6 Å².